The van der Waals surface area contributed by atoms with Gasteiger partial charge in [-0.1, -0.05) is 18.2 Å². The first-order chi connectivity index (χ1) is 10.1. The van der Waals surface area contributed by atoms with Crippen molar-refractivity contribution < 1.29 is 13.9 Å². The van der Waals surface area contributed by atoms with E-state index in [0.717, 1.165) is 0 Å². The van der Waals surface area contributed by atoms with Gasteiger partial charge in [-0.3, -0.25) is 5.41 Å². The van der Waals surface area contributed by atoms with Gasteiger partial charge in [0.25, 0.3) is 0 Å². The second kappa shape index (κ2) is 6.74. The number of nitrogens with one attached hydrogen (secondary N) is 1. The average Bonchev–Trinajstić information content (AvgIpc) is 2.46. The third-order valence-corrected chi connectivity index (χ3v) is 2.88. The summed E-state index contributed by atoms with van der Waals surface area (Å²) < 4.78 is 25.0. The quantitative estimate of drug-likeness (QED) is 0.634. The van der Waals surface area contributed by atoms with E-state index in [4.69, 9.17) is 20.6 Å². The van der Waals surface area contributed by atoms with Gasteiger partial charge in [-0.05, 0) is 25.1 Å². The minimum absolute atomic E-state index is 0.0581. The Morgan fingerprint density at radius 2 is 1.81 bits per heavy atom. The molecule has 110 valence electrons. The molecule has 2 aromatic carbocycles. The lowest BCUT2D eigenvalue weighted by Gasteiger charge is -2.10. The molecule has 0 saturated carbocycles. The Morgan fingerprint density at radius 1 is 1.14 bits per heavy atom. The number of hydrogen-bond acceptors (Lipinski definition) is 3. The summed E-state index contributed by atoms with van der Waals surface area (Å²) in [6, 6.07) is 11.9. The Balaban J connectivity index is 2.11. The number of nitrogens with two attached hydrogens (primary N) is 1. The summed E-state index contributed by atoms with van der Waals surface area (Å²) in [6.07, 6.45) is 0. The lowest BCUT2D eigenvalue weighted by Crippen LogP contribution is -2.14. The van der Waals surface area contributed by atoms with Crippen molar-refractivity contribution in [3.05, 3.63) is 59.4 Å². The van der Waals surface area contributed by atoms with Gasteiger partial charge in [0.1, 0.15) is 29.8 Å². The summed E-state index contributed by atoms with van der Waals surface area (Å²) in [4.78, 5) is 0. The molecule has 4 nitrogen and oxygen atoms in total. The highest BCUT2D eigenvalue weighted by Gasteiger charge is 2.10. The Labute approximate surface area is 122 Å². The second-order valence-electron chi connectivity index (χ2n) is 4.39. The van der Waals surface area contributed by atoms with Gasteiger partial charge in [0.15, 0.2) is 0 Å². The number of halogens is 1. The molecular weight excluding hydrogens is 271 g/mol. The lowest BCUT2D eigenvalue weighted by molar-refractivity contribution is 0.294. The average molecular weight is 288 g/mol. The summed E-state index contributed by atoms with van der Waals surface area (Å²) >= 11 is 0. The van der Waals surface area contributed by atoms with Crippen LogP contribution >= 0.6 is 0 Å². The zero-order valence-electron chi connectivity index (χ0n) is 11.7. The highest BCUT2D eigenvalue weighted by Crippen LogP contribution is 2.21. The number of hydrogen-bond donors (Lipinski definition) is 2. The van der Waals surface area contributed by atoms with Crippen molar-refractivity contribution in [2.24, 2.45) is 5.73 Å². The first-order valence-corrected chi connectivity index (χ1v) is 6.59. The molecule has 21 heavy (non-hydrogen) atoms. The van der Waals surface area contributed by atoms with E-state index in [1.165, 1.54) is 6.07 Å². The van der Waals surface area contributed by atoms with Crippen LogP contribution in [0.2, 0.25) is 0 Å². The van der Waals surface area contributed by atoms with Crippen LogP contribution in [0.1, 0.15) is 18.1 Å². The molecule has 0 aliphatic carbocycles. The van der Waals surface area contributed by atoms with Gasteiger partial charge in [-0.25, -0.2) is 4.39 Å². The molecule has 0 spiro atoms. The summed E-state index contributed by atoms with van der Waals surface area (Å²) in [7, 11) is 0. The normalized spacial score (nSPS) is 10.2. The third-order valence-electron chi connectivity index (χ3n) is 2.88. The van der Waals surface area contributed by atoms with Crippen molar-refractivity contribution in [1.82, 2.24) is 0 Å². The smallest absolute Gasteiger partial charge is 0.140 e. The Hall–Kier alpha value is -2.56. The van der Waals surface area contributed by atoms with Crippen LogP contribution in [0.3, 0.4) is 0 Å². The van der Waals surface area contributed by atoms with Gasteiger partial charge in [-0.2, -0.15) is 0 Å². The van der Waals surface area contributed by atoms with E-state index in [1.807, 2.05) is 19.1 Å². The van der Waals surface area contributed by atoms with Gasteiger partial charge in [0, 0.05) is 11.6 Å². The largest absolute Gasteiger partial charge is 0.494 e. The van der Waals surface area contributed by atoms with Crippen LogP contribution in [-0.2, 0) is 6.61 Å². The monoisotopic (exact) mass is 288 g/mol. The highest BCUT2D eigenvalue weighted by molar-refractivity contribution is 5.95. The van der Waals surface area contributed by atoms with Crippen LogP contribution < -0.4 is 15.2 Å². The van der Waals surface area contributed by atoms with Crippen LogP contribution in [0.4, 0.5) is 4.39 Å². The molecule has 0 amide bonds. The molecule has 0 saturated heterocycles. The number of amidine groups is 1. The number of ether oxygens (including phenoxy) is 2. The third kappa shape index (κ3) is 3.72. The van der Waals surface area contributed by atoms with Crippen molar-refractivity contribution in [3.8, 4) is 11.5 Å². The molecular formula is C16H17FN2O2. The standard InChI is InChI=1S/C16H17FN2O2/c1-2-20-12-6-4-7-13(9-12)21-10-11-5-3-8-14(15(11)17)16(18)19/h3-9H,2,10H2,1H3,(H3,18,19). The fraction of sp³-hybridized carbons (Fsp3) is 0.188. The molecule has 0 radical (unpaired) electrons. The van der Waals surface area contributed by atoms with Crippen LogP contribution in [0, 0.1) is 11.2 Å². The summed E-state index contributed by atoms with van der Waals surface area (Å²) in [5, 5.41) is 7.32. The first kappa shape index (κ1) is 14.8. The second-order valence-corrected chi connectivity index (χ2v) is 4.39. The van der Waals surface area contributed by atoms with E-state index in [0.29, 0.717) is 23.7 Å². The van der Waals surface area contributed by atoms with E-state index in [-0.39, 0.29) is 18.0 Å². The Kier molecular flexibility index (Phi) is 4.77. The predicted octanol–water partition coefficient (Wildman–Crippen LogP) is 3.09. The molecule has 0 fully saturated rings. The van der Waals surface area contributed by atoms with E-state index >= 15 is 0 Å². The van der Waals surface area contributed by atoms with Crippen molar-refractivity contribution >= 4 is 5.84 Å². The maximum absolute atomic E-state index is 14.1. The minimum Gasteiger partial charge on any atom is -0.494 e. The predicted molar refractivity (Wildman–Crippen MR) is 79.4 cm³/mol. The van der Waals surface area contributed by atoms with Crippen molar-refractivity contribution in [2.75, 3.05) is 6.61 Å². The Morgan fingerprint density at radius 3 is 2.48 bits per heavy atom. The molecule has 5 heteroatoms. The molecule has 2 aromatic rings. The summed E-state index contributed by atoms with van der Waals surface area (Å²) in [5.41, 5.74) is 5.76. The van der Waals surface area contributed by atoms with Crippen LogP contribution in [-0.4, -0.2) is 12.4 Å². The minimum atomic E-state index is -0.522. The maximum atomic E-state index is 14.1. The number of nitrogen functional groups attached to an aromatic ring is 1. The summed E-state index contributed by atoms with van der Waals surface area (Å²) in [5.74, 6) is 0.472. The maximum Gasteiger partial charge on any atom is 0.140 e. The van der Waals surface area contributed by atoms with Gasteiger partial charge in [-0.15, -0.1) is 0 Å². The van der Waals surface area contributed by atoms with Crippen molar-refractivity contribution in [3.63, 3.8) is 0 Å². The first-order valence-electron chi connectivity index (χ1n) is 6.59. The molecule has 0 unspecified atom stereocenters. The molecule has 0 aliphatic rings. The van der Waals surface area contributed by atoms with Gasteiger partial charge in [0.2, 0.25) is 0 Å². The summed E-state index contributed by atoms with van der Waals surface area (Å²) in [6.45, 7) is 2.53. The molecule has 0 aromatic heterocycles. The van der Waals surface area contributed by atoms with Gasteiger partial charge in [0.05, 0.1) is 12.2 Å². The molecule has 0 bridgehead atoms. The zero-order chi connectivity index (χ0) is 15.2. The molecule has 3 N–H and O–H groups in total. The van der Waals surface area contributed by atoms with Gasteiger partial charge < -0.3 is 15.2 Å². The van der Waals surface area contributed by atoms with E-state index in [1.54, 1.807) is 24.3 Å². The van der Waals surface area contributed by atoms with Gasteiger partial charge >= 0.3 is 0 Å². The van der Waals surface area contributed by atoms with E-state index in [9.17, 15) is 4.39 Å². The van der Waals surface area contributed by atoms with Crippen LogP contribution in [0.15, 0.2) is 42.5 Å². The Bertz CT molecular complexity index is 644. The number of rotatable bonds is 6. The van der Waals surface area contributed by atoms with Crippen molar-refractivity contribution in [1.29, 1.82) is 5.41 Å². The SMILES string of the molecule is CCOc1cccc(OCc2cccc(C(=N)N)c2F)c1. The molecule has 0 aliphatic heterocycles. The topological polar surface area (TPSA) is 68.3 Å². The number of benzene rings is 2. The molecule has 2 rings (SSSR count). The fourth-order valence-electron chi connectivity index (χ4n) is 1.88. The van der Waals surface area contributed by atoms with E-state index < -0.39 is 5.82 Å². The van der Waals surface area contributed by atoms with E-state index in [2.05, 4.69) is 0 Å². The van der Waals surface area contributed by atoms with Crippen molar-refractivity contribution in [2.45, 2.75) is 13.5 Å². The lowest BCUT2D eigenvalue weighted by atomic mass is 10.1. The molecule has 0 atom stereocenters. The van der Waals surface area contributed by atoms with Crippen LogP contribution in [0.5, 0.6) is 11.5 Å². The zero-order valence-corrected chi connectivity index (χ0v) is 11.7. The van der Waals surface area contributed by atoms with Crippen LogP contribution in [0.25, 0.3) is 0 Å². The molecule has 0 heterocycles. The fourth-order valence-corrected chi connectivity index (χ4v) is 1.88. The highest BCUT2D eigenvalue weighted by atomic mass is 19.1.